The van der Waals surface area contributed by atoms with E-state index in [0.29, 0.717) is 19.6 Å². The third-order valence-electron chi connectivity index (χ3n) is 4.63. The maximum absolute atomic E-state index is 12.7. The van der Waals surface area contributed by atoms with Crippen LogP contribution in [-0.2, 0) is 16.0 Å². The molecule has 0 unspecified atom stereocenters. The molecule has 0 saturated carbocycles. The Balaban J connectivity index is 1.96. The zero-order chi connectivity index (χ0) is 17.4. The summed E-state index contributed by atoms with van der Waals surface area (Å²) in [5, 5.41) is 6.37. The van der Waals surface area contributed by atoms with Crippen LogP contribution in [0.4, 0.5) is 0 Å². The lowest BCUT2D eigenvalue weighted by Gasteiger charge is -2.35. The normalized spacial score (nSPS) is 16.5. The number of nitrogens with one attached hydrogen (secondary N) is 2. The smallest absolute Gasteiger partial charge is 0.228 e. The molecule has 134 valence electrons. The summed E-state index contributed by atoms with van der Waals surface area (Å²) in [6, 6.07) is 5.69. The van der Waals surface area contributed by atoms with Crippen LogP contribution in [0, 0.1) is 5.41 Å². The largest absolute Gasteiger partial charge is 0.497 e. The van der Waals surface area contributed by atoms with Gasteiger partial charge in [-0.25, -0.2) is 0 Å². The Morgan fingerprint density at radius 2 is 1.96 bits per heavy atom. The average molecular weight is 336 g/mol. The molecule has 6 heteroatoms. The summed E-state index contributed by atoms with van der Waals surface area (Å²) in [6.07, 6.45) is 2.29. The van der Waals surface area contributed by atoms with E-state index in [1.807, 2.05) is 18.2 Å². The minimum Gasteiger partial charge on any atom is -0.497 e. The maximum Gasteiger partial charge on any atom is 0.228 e. The van der Waals surface area contributed by atoms with Crippen molar-refractivity contribution in [1.82, 2.24) is 10.6 Å². The molecule has 0 bridgehead atoms. The number of rotatable bonds is 8. The second-order valence-corrected chi connectivity index (χ2v) is 6.15. The summed E-state index contributed by atoms with van der Waals surface area (Å²) in [4.78, 5) is 12.7. The fourth-order valence-corrected chi connectivity index (χ4v) is 3.19. The van der Waals surface area contributed by atoms with Gasteiger partial charge in [-0.05, 0) is 56.1 Å². The van der Waals surface area contributed by atoms with Crippen molar-refractivity contribution in [3.8, 4) is 11.5 Å². The van der Waals surface area contributed by atoms with Crippen LogP contribution in [0.3, 0.4) is 0 Å². The molecule has 0 radical (unpaired) electrons. The molecule has 1 aromatic carbocycles. The predicted molar refractivity (Wildman–Crippen MR) is 92.7 cm³/mol. The van der Waals surface area contributed by atoms with Gasteiger partial charge in [-0.3, -0.25) is 4.79 Å². The number of piperidine rings is 1. The van der Waals surface area contributed by atoms with Crippen molar-refractivity contribution in [2.75, 3.05) is 47.6 Å². The number of benzene rings is 1. The summed E-state index contributed by atoms with van der Waals surface area (Å²) in [5.74, 6) is 1.66. The van der Waals surface area contributed by atoms with Crippen LogP contribution in [0.5, 0.6) is 11.5 Å². The number of hydrogen-bond acceptors (Lipinski definition) is 5. The van der Waals surface area contributed by atoms with Gasteiger partial charge in [-0.2, -0.15) is 0 Å². The molecule has 1 fully saturated rings. The minimum absolute atomic E-state index is 0.0766. The van der Waals surface area contributed by atoms with Crippen LogP contribution in [-0.4, -0.2) is 53.5 Å². The standard InChI is InChI=1S/C18H28N2O4/c1-22-13-18(7-10-19-11-8-18)17(21)20-9-6-14-12-15(23-2)4-5-16(14)24-3/h4-5,12,19H,6-11,13H2,1-3H3,(H,20,21). The summed E-state index contributed by atoms with van der Waals surface area (Å²) in [6.45, 7) is 2.71. The summed E-state index contributed by atoms with van der Waals surface area (Å²) < 4.78 is 16.0. The van der Waals surface area contributed by atoms with Gasteiger partial charge in [-0.15, -0.1) is 0 Å². The first-order valence-electron chi connectivity index (χ1n) is 8.34. The van der Waals surface area contributed by atoms with E-state index in [9.17, 15) is 4.79 Å². The molecule has 0 spiro atoms. The number of carbonyl (C=O) groups excluding carboxylic acids is 1. The van der Waals surface area contributed by atoms with Crippen molar-refractivity contribution < 1.29 is 19.0 Å². The number of amides is 1. The van der Waals surface area contributed by atoms with Crippen molar-refractivity contribution in [2.24, 2.45) is 5.41 Å². The molecule has 1 aliphatic heterocycles. The number of carbonyl (C=O) groups is 1. The zero-order valence-electron chi connectivity index (χ0n) is 14.8. The zero-order valence-corrected chi connectivity index (χ0v) is 14.8. The Kier molecular flexibility index (Phi) is 6.87. The first-order valence-corrected chi connectivity index (χ1v) is 8.34. The number of ether oxygens (including phenoxy) is 3. The van der Waals surface area contributed by atoms with E-state index in [0.717, 1.165) is 43.0 Å². The molecular formula is C18H28N2O4. The van der Waals surface area contributed by atoms with E-state index in [1.165, 1.54) is 0 Å². The molecule has 0 aliphatic carbocycles. The Morgan fingerprint density at radius 1 is 1.21 bits per heavy atom. The SMILES string of the molecule is COCC1(C(=O)NCCc2cc(OC)ccc2OC)CCNCC1. The Bertz CT molecular complexity index is 536. The number of methoxy groups -OCH3 is 3. The van der Waals surface area contributed by atoms with Gasteiger partial charge in [0.15, 0.2) is 0 Å². The quantitative estimate of drug-likeness (QED) is 0.751. The molecule has 1 heterocycles. The molecule has 6 nitrogen and oxygen atoms in total. The molecule has 1 saturated heterocycles. The van der Waals surface area contributed by atoms with E-state index < -0.39 is 5.41 Å². The molecule has 1 aliphatic rings. The molecule has 2 N–H and O–H groups in total. The van der Waals surface area contributed by atoms with Crippen LogP contribution in [0.2, 0.25) is 0 Å². The minimum atomic E-state index is -0.418. The van der Waals surface area contributed by atoms with Gasteiger partial charge in [0.2, 0.25) is 5.91 Å². The fraction of sp³-hybridized carbons (Fsp3) is 0.611. The van der Waals surface area contributed by atoms with Crippen LogP contribution in [0.25, 0.3) is 0 Å². The molecule has 2 rings (SSSR count). The van der Waals surface area contributed by atoms with E-state index in [2.05, 4.69) is 10.6 Å². The van der Waals surface area contributed by atoms with E-state index in [4.69, 9.17) is 14.2 Å². The third kappa shape index (κ3) is 4.39. The van der Waals surface area contributed by atoms with Gasteiger partial charge in [0.25, 0.3) is 0 Å². The van der Waals surface area contributed by atoms with Gasteiger partial charge in [0, 0.05) is 13.7 Å². The van der Waals surface area contributed by atoms with Crippen LogP contribution < -0.4 is 20.1 Å². The second-order valence-electron chi connectivity index (χ2n) is 6.15. The van der Waals surface area contributed by atoms with Crippen LogP contribution in [0.1, 0.15) is 18.4 Å². The summed E-state index contributed by atoms with van der Waals surface area (Å²) in [5.41, 5.74) is 0.599. The highest BCUT2D eigenvalue weighted by Gasteiger charge is 2.39. The second kappa shape index (κ2) is 8.89. The van der Waals surface area contributed by atoms with Gasteiger partial charge in [0.05, 0.1) is 26.2 Å². The highest BCUT2D eigenvalue weighted by Crippen LogP contribution is 2.29. The highest BCUT2D eigenvalue weighted by atomic mass is 16.5. The van der Waals surface area contributed by atoms with Crippen LogP contribution in [0.15, 0.2) is 18.2 Å². The van der Waals surface area contributed by atoms with Crippen molar-refractivity contribution in [3.63, 3.8) is 0 Å². The highest BCUT2D eigenvalue weighted by molar-refractivity contribution is 5.83. The molecular weight excluding hydrogens is 308 g/mol. The van der Waals surface area contributed by atoms with Crippen molar-refractivity contribution in [2.45, 2.75) is 19.3 Å². The Hall–Kier alpha value is -1.79. The maximum atomic E-state index is 12.7. The summed E-state index contributed by atoms with van der Waals surface area (Å²) >= 11 is 0. The lowest BCUT2D eigenvalue weighted by molar-refractivity contribution is -0.136. The first-order chi connectivity index (χ1) is 11.6. The number of hydrogen-bond donors (Lipinski definition) is 2. The molecule has 1 amide bonds. The van der Waals surface area contributed by atoms with Crippen LogP contribution >= 0.6 is 0 Å². The van der Waals surface area contributed by atoms with Gasteiger partial charge < -0.3 is 24.8 Å². The van der Waals surface area contributed by atoms with E-state index >= 15 is 0 Å². The van der Waals surface area contributed by atoms with Gasteiger partial charge in [-0.1, -0.05) is 0 Å². The third-order valence-corrected chi connectivity index (χ3v) is 4.63. The topological polar surface area (TPSA) is 68.8 Å². The predicted octanol–water partition coefficient (Wildman–Crippen LogP) is 1.38. The lowest BCUT2D eigenvalue weighted by atomic mass is 9.78. The molecule has 24 heavy (non-hydrogen) atoms. The monoisotopic (exact) mass is 336 g/mol. The van der Waals surface area contributed by atoms with Gasteiger partial charge >= 0.3 is 0 Å². The van der Waals surface area contributed by atoms with Gasteiger partial charge in [0.1, 0.15) is 11.5 Å². The molecule has 0 atom stereocenters. The van der Waals surface area contributed by atoms with Crippen molar-refractivity contribution in [3.05, 3.63) is 23.8 Å². The molecule has 0 aromatic heterocycles. The fourth-order valence-electron chi connectivity index (χ4n) is 3.19. The summed E-state index contributed by atoms with van der Waals surface area (Å²) in [7, 11) is 4.93. The first kappa shape index (κ1) is 18.5. The van der Waals surface area contributed by atoms with Crippen molar-refractivity contribution in [1.29, 1.82) is 0 Å². The van der Waals surface area contributed by atoms with Crippen molar-refractivity contribution >= 4 is 5.91 Å². The Labute approximate surface area is 143 Å². The molecule has 1 aromatic rings. The van der Waals surface area contributed by atoms with E-state index in [-0.39, 0.29) is 5.91 Å². The van der Waals surface area contributed by atoms with E-state index in [1.54, 1.807) is 21.3 Å². The Morgan fingerprint density at radius 3 is 2.58 bits per heavy atom. The lowest BCUT2D eigenvalue weighted by Crippen LogP contribution is -2.50. The average Bonchev–Trinajstić information content (AvgIpc) is 2.62.